The van der Waals surface area contributed by atoms with E-state index in [4.69, 9.17) is 15.0 Å². The van der Waals surface area contributed by atoms with Crippen molar-refractivity contribution in [1.29, 1.82) is 0 Å². The van der Waals surface area contributed by atoms with Crippen molar-refractivity contribution in [3.8, 4) is 62.1 Å². The molecule has 3 heterocycles. The van der Waals surface area contributed by atoms with Gasteiger partial charge in [0.25, 0.3) is 0 Å². The molecule has 0 fully saturated rings. The standard InChI is InChI=1S/C57H41N5/c1-4-16-40(17-5-1)55-58-56(41-18-6-2-7-19-41)60-57(59-55)42-32-30-38(31-33-42)45-24-14-29-52-53(45)48-23-11-13-27-50(48)62(52)44-36-34-39(35-37-44)46-25-15-28-51-54(46)47-22-10-12-26-49(47)61(51)43-20-8-3-9-21-43/h1-11,13-22,24-25,27-37,48H,12,23,26H2. The number of benzene rings is 7. The molecule has 0 saturated carbocycles. The fourth-order valence-electron chi connectivity index (χ4n) is 9.81. The average Bonchev–Trinajstić information content (AvgIpc) is 3.88. The van der Waals surface area contributed by atoms with Gasteiger partial charge in [-0.25, -0.2) is 15.0 Å². The second-order valence-corrected chi connectivity index (χ2v) is 16.2. The highest BCUT2D eigenvalue weighted by molar-refractivity contribution is 6.04. The van der Waals surface area contributed by atoms with E-state index in [2.05, 4.69) is 155 Å². The monoisotopic (exact) mass is 795 g/mol. The van der Waals surface area contributed by atoms with Gasteiger partial charge in [0.05, 0.1) is 11.2 Å². The Kier molecular flexibility index (Phi) is 8.70. The summed E-state index contributed by atoms with van der Waals surface area (Å²) in [5, 5.41) is 1.32. The third-order valence-corrected chi connectivity index (χ3v) is 12.6. The smallest absolute Gasteiger partial charge is 0.164 e. The van der Waals surface area contributed by atoms with Crippen LogP contribution in [0.5, 0.6) is 0 Å². The molecule has 1 atom stereocenters. The Morgan fingerprint density at radius 2 is 1.06 bits per heavy atom. The largest absolute Gasteiger partial charge is 0.313 e. The third-order valence-electron chi connectivity index (χ3n) is 12.6. The van der Waals surface area contributed by atoms with E-state index in [0.29, 0.717) is 17.5 Å². The highest BCUT2D eigenvalue weighted by Gasteiger charge is 2.37. The maximum absolute atomic E-state index is 4.98. The zero-order valence-corrected chi connectivity index (χ0v) is 34.1. The van der Waals surface area contributed by atoms with Gasteiger partial charge in [0, 0.05) is 56.3 Å². The van der Waals surface area contributed by atoms with E-state index in [0.717, 1.165) is 36.0 Å². The predicted octanol–water partition coefficient (Wildman–Crippen LogP) is 14.2. The van der Waals surface area contributed by atoms with E-state index < -0.39 is 0 Å². The summed E-state index contributed by atoms with van der Waals surface area (Å²) in [4.78, 5) is 17.3. The van der Waals surface area contributed by atoms with E-state index in [9.17, 15) is 0 Å². The second-order valence-electron chi connectivity index (χ2n) is 16.2. The summed E-state index contributed by atoms with van der Waals surface area (Å²) in [5.74, 6) is 2.22. The molecular formula is C57H41N5. The minimum Gasteiger partial charge on any atom is -0.313 e. The average molecular weight is 796 g/mol. The van der Waals surface area contributed by atoms with Gasteiger partial charge in [0.1, 0.15) is 0 Å². The molecule has 294 valence electrons. The molecular weight excluding hydrogens is 755 g/mol. The summed E-state index contributed by atoms with van der Waals surface area (Å²) in [6.07, 6.45) is 14.5. The van der Waals surface area contributed by atoms with Crippen LogP contribution in [-0.2, 0) is 6.42 Å². The SMILES string of the molecule is C1=CCC2C(=C1)N(c1ccc(-c3cccc4c3c3c(n4-c4ccccc4)CCC=C3)cc1)c1cccc(-c3ccc(-c4nc(-c5ccccc5)nc(-c5ccccc5)n4)cc3)c12. The zero-order chi connectivity index (χ0) is 41.0. The van der Waals surface area contributed by atoms with Crippen LogP contribution in [0.25, 0.3) is 79.1 Å². The molecule has 1 aliphatic heterocycles. The summed E-state index contributed by atoms with van der Waals surface area (Å²) in [6.45, 7) is 0. The molecule has 62 heavy (non-hydrogen) atoms. The molecule has 2 aliphatic carbocycles. The van der Waals surface area contributed by atoms with Crippen LogP contribution in [0, 0.1) is 0 Å². The Labute approximate surface area is 361 Å². The van der Waals surface area contributed by atoms with Crippen LogP contribution < -0.4 is 4.90 Å². The summed E-state index contributed by atoms with van der Waals surface area (Å²) < 4.78 is 2.47. The molecule has 0 N–H and O–H groups in total. The second kappa shape index (κ2) is 15.0. The fraction of sp³-hybridized carbons (Fsp3) is 0.0702. The Bertz CT molecular complexity index is 3180. The number of hydrogen-bond acceptors (Lipinski definition) is 4. The topological polar surface area (TPSA) is 46.8 Å². The Morgan fingerprint density at radius 1 is 0.484 bits per heavy atom. The number of hydrogen-bond donors (Lipinski definition) is 0. The summed E-state index contributed by atoms with van der Waals surface area (Å²) in [7, 11) is 0. The number of rotatable bonds is 7. The van der Waals surface area contributed by atoms with Crippen molar-refractivity contribution >= 4 is 28.4 Å². The van der Waals surface area contributed by atoms with Crippen molar-refractivity contribution in [3.63, 3.8) is 0 Å². The van der Waals surface area contributed by atoms with Crippen molar-refractivity contribution in [3.05, 3.63) is 223 Å². The van der Waals surface area contributed by atoms with Gasteiger partial charge >= 0.3 is 0 Å². The van der Waals surface area contributed by atoms with Gasteiger partial charge in [0.15, 0.2) is 17.5 Å². The molecule has 5 heteroatoms. The molecule has 0 bridgehead atoms. The van der Waals surface area contributed by atoms with E-state index in [1.54, 1.807) is 0 Å². The minimum atomic E-state index is 0.251. The van der Waals surface area contributed by atoms with Crippen LogP contribution in [-0.4, -0.2) is 19.5 Å². The quantitative estimate of drug-likeness (QED) is 0.161. The lowest BCUT2D eigenvalue weighted by Gasteiger charge is -2.24. The lowest BCUT2D eigenvalue weighted by Crippen LogP contribution is -2.14. The Balaban J connectivity index is 0.906. The first-order chi connectivity index (χ1) is 30.8. The molecule has 0 spiro atoms. The van der Waals surface area contributed by atoms with Gasteiger partial charge in [-0.05, 0) is 89.6 Å². The Hall–Kier alpha value is -7.89. The molecule has 3 aliphatic rings. The molecule has 7 aromatic carbocycles. The molecule has 1 unspecified atom stereocenters. The highest BCUT2D eigenvalue weighted by Crippen LogP contribution is 2.54. The molecule has 9 aromatic rings. The third kappa shape index (κ3) is 6.04. The molecule has 0 radical (unpaired) electrons. The first kappa shape index (κ1) is 36.0. The maximum atomic E-state index is 4.98. The number of aromatic nitrogens is 4. The molecule has 0 saturated heterocycles. The summed E-state index contributed by atoms with van der Waals surface area (Å²) >= 11 is 0. The maximum Gasteiger partial charge on any atom is 0.164 e. The van der Waals surface area contributed by atoms with E-state index in [-0.39, 0.29) is 5.92 Å². The van der Waals surface area contributed by atoms with E-state index in [1.807, 2.05) is 60.7 Å². The van der Waals surface area contributed by atoms with Crippen LogP contribution in [0.1, 0.15) is 35.6 Å². The van der Waals surface area contributed by atoms with Gasteiger partial charge in [-0.3, -0.25) is 0 Å². The lowest BCUT2D eigenvalue weighted by molar-refractivity contribution is 0.821. The molecule has 5 nitrogen and oxygen atoms in total. The van der Waals surface area contributed by atoms with Gasteiger partial charge < -0.3 is 9.47 Å². The zero-order valence-electron chi connectivity index (χ0n) is 34.1. The minimum absolute atomic E-state index is 0.251. The molecule has 0 amide bonds. The summed E-state index contributed by atoms with van der Waals surface area (Å²) in [5.41, 5.74) is 18.1. The van der Waals surface area contributed by atoms with Crippen molar-refractivity contribution in [2.45, 2.75) is 25.2 Å². The van der Waals surface area contributed by atoms with Crippen LogP contribution in [0.4, 0.5) is 11.4 Å². The fourth-order valence-corrected chi connectivity index (χ4v) is 9.81. The van der Waals surface area contributed by atoms with Gasteiger partial charge in [-0.15, -0.1) is 0 Å². The van der Waals surface area contributed by atoms with Gasteiger partial charge in [-0.1, -0.05) is 164 Å². The van der Waals surface area contributed by atoms with Crippen molar-refractivity contribution in [1.82, 2.24) is 19.5 Å². The number of allylic oxidation sites excluding steroid dienone is 5. The predicted molar refractivity (Wildman–Crippen MR) is 254 cm³/mol. The van der Waals surface area contributed by atoms with Crippen molar-refractivity contribution in [2.75, 3.05) is 4.90 Å². The first-order valence-electron chi connectivity index (χ1n) is 21.5. The van der Waals surface area contributed by atoms with Crippen molar-refractivity contribution < 1.29 is 0 Å². The first-order valence-corrected chi connectivity index (χ1v) is 21.5. The lowest BCUT2D eigenvalue weighted by atomic mass is 9.86. The van der Waals surface area contributed by atoms with Crippen LogP contribution in [0.2, 0.25) is 0 Å². The van der Waals surface area contributed by atoms with E-state index in [1.165, 1.54) is 72.7 Å². The van der Waals surface area contributed by atoms with Crippen LogP contribution >= 0.6 is 0 Å². The van der Waals surface area contributed by atoms with Crippen LogP contribution in [0.3, 0.4) is 0 Å². The summed E-state index contributed by atoms with van der Waals surface area (Å²) in [6, 6.07) is 62.6. The van der Waals surface area contributed by atoms with Gasteiger partial charge in [0.2, 0.25) is 0 Å². The van der Waals surface area contributed by atoms with Crippen LogP contribution in [0.15, 0.2) is 206 Å². The highest BCUT2D eigenvalue weighted by atomic mass is 15.2. The van der Waals surface area contributed by atoms with Gasteiger partial charge in [-0.2, -0.15) is 0 Å². The van der Waals surface area contributed by atoms with Crippen molar-refractivity contribution in [2.24, 2.45) is 0 Å². The molecule has 12 rings (SSSR count). The molecule has 2 aromatic heterocycles. The number of fused-ring (bicyclic) bond motifs is 6. The number of anilines is 2. The van der Waals surface area contributed by atoms with E-state index >= 15 is 0 Å². The Morgan fingerprint density at radius 3 is 1.76 bits per heavy atom. The number of nitrogens with zero attached hydrogens (tertiary/aromatic N) is 5. The normalized spacial score (nSPS) is 15.0. The number of para-hydroxylation sites is 1.